The van der Waals surface area contributed by atoms with Crippen molar-refractivity contribution in [3.05, 3.63) is 108 Å². The van der Waals surface area contributed by atoms with Gasteiger partial charge in [-0.1, -0.05) is 84.9 Å². The van der Waals surface area contributed by atoms with Crippen LogP contribution in [0.5, 0.6) is 0 Å². The molecule has 0 unspecified atom stereocenters. The second-order valence-electron chi connectivity index (χ2n) is 6.86. The van der Waals surface area contributed by atoms with Crippen LogP contribution in [0.4, 0.5) is 0 Å². The molecule has 4 aromatic rings. The minimum absolute atomic E-state index is 0.169. The van der Waals surface area contributed by atoms with Crippen molar-refractivity contribution in [1.82, 2.24) is 0 Å². The molecule has 0 aromatic heterocycles. The summed E-state index contributed by atoms with van der Waals surface area (Å²) >= 11 is 0. The van der Waals surface area contributed by atoms with E-state index in [0.717, 1.165) is 11.1 Å². The Morgan fingerprint density at radius 2 is 0.833 bits per heavy atom. The largest absolute Gasteiger partial charge is 0.478 e. The first-order chi connectivity index (χ1) is 14.5. The lowest BCUT2D eigenvalue weighted by atomic mass is 9.92. The lowest BCUT2D eigenvalue weighted by molar-refractivity contribution is 0.0686. The van der Waals surface area contributed by atoms with Gasteiger partial charge in [-0.05, 0) is 45.5 Å². The molecule has 0 spiro atoms. The Hall–Kier alpha value is -4.18. The summed E-state index contributed by atoms with van der Waals surface area (Å²) in [4.78, 5) is 23.8. The van der Waals surface area contributed by atoms with Crippen molar-refractivity contribution >= 4 is 11.9 Å². The molecule has 0 radical (unpaired) electrons. The molecule has 0 heterocycles. The van der Waals surface area contributed by atoms with Crippen LogP contribution in [0.15, 0.2) is 97.1 Å². The highest BCUT2D eigenvalue weighted by Gasteiger charge is 2.16. The molecule has 4 nitrogen and oxygen atoms in total. The van der Waals surface area contributed by atoms with Gasteiger partial charge in [-0.3, -0.25) is 0 Å². The smallest absolute Gasteiger partial charge is 0.336 e. The summed E-state index contributed by atoms with van der Waals surface area (Å²) < 4.78 is 0. The van der Waals surface area contributed by atoms with Crippen molar-refractivity contribution in [3.63, 3.8) is 0 Å². The summed E-state index contributed by atoms with van der Waals surface area (Å²) in [7, 11) is 0. The number of hydrogen-bond donors (Lipinski definition) is 2. The summed E-state index contributed by atoms with van der Waals surface area (Å²) in [6.45, 7) is 0. The monoisotopic (exact) mass is 394 g/mol. The third kappa shape index (κ3) is 3.71. The molecule has 0 bridgehead atoms. The second kappa shape index (κ2) is 8.05. The molecule has 0 saturated carbocycles. The zero-order valence-electron chi connectivity index (χ0n) is 15.9. The van der Waals surface area contributed by atoms with Crippen LogP contribution in [0, 0.1) is 0 Å². The maximum atomic E-state index is 11.9. The minimum Gasteiger partial charge on any atom is -0.478 e. The minimum atomic E-state index is -1.03. The summed E-state index contributed by atoms with van der Waals surface area (Å²) in [6.07, 6.45) is 0. The van der Waals surface area contributed by atoms with E-state index in [1.54, 1.807) is 24.3 Å². The average Bonchev–Trinajstić information content (AvgIpc) is 2.79. The van der Waals surface area contributed by atoms with Gasteiger partial charge in [0.2, 0.25) is 0 Å². The van der Waals surface area contributed by atoms with Crippen LogP contribution in [-0.4, -0.2) is 22.2 Å². The third-order valence-electron chi connectivity index (χ3n) is 5.00. The standard InChI is InChI=1S/C26H18O4/c27-25(28)23-15-19(11-13-21(23)17-7-3-1-4-8-17)20-12-14-22(24(16-20)26(29)30)18-9-5-2-6-10-18/h1-16H,(H,27,28)(H,29,30). The van der Waals surface area contributed by atoms with E-state index in [-0.39, 0.29) is 11.1 Å². The van der Waals surface area contributed by atoms with Gasteiger partial charge in [0.25, 0.3) is 0 Å². The van der Waals surface area contributed by atoms with Crippen LogP contribution in [0.25, 0.3) is 33.4 Å². The van der Waals surface area contributed by atoms with E-state index in [2.05, 4.69) is 0 Å². The first-order valence-corrected chi connectivity index (χ1v) is 9.40. The van der Waals surface area contributed by atoms with Crippen LogP contribution in [0.1, 0.15) is 20.7 Å². The number of carboxylic acid groups (broad SMARTS) is 2. The number of carboxylic acids is 2. The number of rotatable bonds is 5. The van der Waals surface area contributed by atoms with Crippen LogP contribution in [0.3, 0.4) is 0 Å². The van der Waals surface area contributed by atoms with E-state index in [0.29, 0.717) is 22.3 Å². The highest BCUT2D eigenvalue weighted by molar-refractivity contribution is 5.99. The van der Waals surface area contributed by atoms with Gasteiger partial charge in [-0.2, -0.15) is 0 Å². The highest BCUT2D eigenvalue weighted by Crippen LogP contribution is 2.32. The Labute approximate surface area is 173 Å². The molecule has 0 aliphatic carbocycles. The Morgan fingerprint density at radius 3 is 1.17 bits per heavy atom. The first-order valence-electron chi connectivity index (χ1n) is 9.40. The Kier molecular flexibility index (Phi) is 5.14. The van der Waals surface area contributed by atoms with Gasteiger partial charge in [0.05, 0.1) is 11.1 Å². The maximum absolute atomic E-state index is 11.9. The quantitative estimate of drug-likeness (QED) is 0.430. The second-order valence-corrected chi connectivity index (χ2v) is 6.86. The topological polar surface area (TPSA) is 74.6 Å². The van der Waals surface area contributed by atoms with E-state index in [1.807, 2.05) is 72.8 Å². The molecular weight excluding hydrogens is 376 g/mol. The SMILES string of the molecule is O=C(O)c1cc(-c2ccc(-c3ccccc3)c(C(=O)O)c2)ccc1-c1ccccc1. The Bertz CT molecular complexity index is 1130. The lowest BCUT2D eigenvalue weighted by Gasteiger charge is -2.12. The van der Waals surface area contributed by atoms with Crippen molar-refractivity contribution in [1.29, 1.82) is 0 Å². The molecule has 4 heteroatoms. The summed E-state index contributed by atoms with van der Waals surface area (Å²) in [5.74, 6) is -2.06. The molecule has 0 fully saturated rings. The predicted octanol–water partition coefficient (Wildman–Crippen LogP) is 6.08. The zero-order chi connectivity index (χ0) is 21.1. The maximum Gasteiger partial charge on any atom is 0.336 e. The zero-order valence-corrected chi connectivity index (χ0v) is 15.9. The summed E-state index contributed by atoms with van der Waals surface area (Å²) in [6, 6.07) is 29.0. The fraction of sp³-hybridized carbons (Fsp3) is 0. The van der Waals surface area contributed by atoms with Gasteiger partial charge in [0, 0.05) is 0 Å². The van der Waals surface area contributed by atoms with Crippen LogP contribution in [-0.2, 0) is 0 Å². The summed E-state index contributed by atoms with van der Waals surface area (Å²) in [5.41, 5.74) is 4.49. The molecule has 0 saturated heterocycles. The van der Waals surface area contributed by atoms with Gasteiger partial charge < -0.3 is 10.2 Å². The number of aromatic carboxylic acids is 2. The molecule has 30 heavy (non-hydrogen) atoms. The van der Waals surface area contributed by atoms with Crippen molar-refractivity contribution in [2.45, 2.75) is 0 Å². The van der Waals surface area contributed by atoms with E-state index in [4.69, 9.17) is 0 Å². The van der Waals surface area contributed by atoms with E-state index >= 15 is 0 Å². The molecule has 0 aliphatic rings. The number of carbonyl (C=O) groups is 2. The van der Waals surface area contributed by atoms with Crippen molar-refractivity contribution in [2.24, 2.45) is 0 Å². The van der Waals surface area contributed by atoms with Crippen molar-refractivity contribution in [2.75, 3.05) is 0 Å². The van der Waals surface area contributed by atoms with E-state index < -0.39 is 11.9 Å². The third-order valence-corrected chi connectivity index (χ3v) is 5.00. The van der Waals surface area contributed by atoms with Gasteiger partial charge >= 0.3 is 11.9 Å². The fourth-order valence-electron chi connectivity index (χ4n) is 3.54. The molecule has 146 valence electrons. The van der Waals surface area contributed by atoms with Crippen molar-refractivity contribution in [3.8, 4) is 33.4 Å². The van der Waals surface area contributed by atoms with E-state index in [9.17, 15) is 19.8 Å². The number of hydrogen-bond acceptors (Lipinski definition) is 2. The molecule has 0 aliphatic heterocycles. The van der Waals surface area contributed by atoms with Crippen LogP contribution in [0.2, 0.25) is 0 Å². The fourth-order valence-corrected chi connectivity index (χ4v) is 3.54. The predicted molar refractivity (Wildman–Crippen MR) is 117 cm³/mol. The normalized spacial score (nSPS) is 10.5. The highest BCUT2D eigenvalue weighted by atomic mass is 16.4. The van der Waals surface area contributed by atoms with Gasteiger partial charge in [0.15, 0.2) is 0 Å². The molecule has 4 aromatic carbocycles. The van der Waals surface area contributed by atoms with Crippen LogP contribution >= 0.6 is 0 Å². The number of benzene rings is 4. The van der Waals surface area contributed by atoms with Gasteiger partial charge in [-0.25, -0.2) is 9.59 Å². The van der Waals surface area contributed by atoms with Gasteiger partial charge in [-0.15, -0.1) is 0 Å². The molecule has 0 amide bonds. The Morgan fingerprint density at radius 1 is 0.467 bits per heavy atom. The van der Waals surface area contributed by atoms with E-state index in [1.165, 1.54) is 0 Å². The van der Waals surface area contributed by atoms with Crippen LogP contribution < -0.4 is 0 Å². The first kappa shape index (κ1) is 19.2. The molecule has 0 atom stereocenters. The molecule has 2 N–H and O–H groups in total. The average molecular weight is 394 g/mol. The summed E-state index contributed by atoms with van der Waals surface area (Å²) in [5, 5.41) is 19.5. The Balaban J connectivity index is 1.83. The molecular formula is C26H18O4. The van der Waals surface area contributed by atoms with Crippen molar-refractivity contribution < 1.29 is 19.8 Å². The van der Waals surface area contributed by atoms with Gasteiger partial charge in [0.1, 0.15) is 0 Å². The molecule has 4 rings (SSSR count). The lowest BCUT2D eigenvalue weighted by Crippen LogP contribution is -2.02.